The summed E-state index contributed by atoms with van der Waals surface area (Å²) in [5, 5.41) is 0. The highest BCUT2D eigenvalue weighted by atomic mass is 16.5. The van der Waals surface area contributed by atoms with Gasteiger partial charge in [0, 0.05) is 29.3 Å². The highest BCUT2D eigenvalue weighted by Gasteiger charge is 2.46. The smallest absolute Gasteiger partial charge is 0.337 e. The van der Waals surface area contributed by atoms with Crippen molar-refractivity contribution >= 4 is 17.4 Å². The fourth-order valence-electron chi connectivity index (χ4n) is 4.46. The second-order valence-electron chi connectivity index (χ2n) is 7.09. The van der Waals surface area contributed by atoms with E-state index in [2.05, 4.69) is 4.90 Å². The summed E-state index contributed by atoms with van der Waals surface area (Å²) >= 11 is 0. The molecule has 4 nitrogen and oxygen atoms in total. The Hall–Kier alpha value is -3.14. The standard InChI is InChI=1S/C23H19NO3/c25-19-13-7-12-17-21(19)20(15-8-3-1-4-9-15)22-18(14-27-23(22)26)24(17)16-10-5-2-6-11-16/h1-6,8-11,20H,7,12-14H2. The van der Waals surface area contributed by atoms with Crippen molar-refractivity contribution in [2.24, 2.45) is 0 Å². The van der Waals surface area contributed by atoms with Gasteiger partial charge in [-0.3, -0.25) is 4.79 Å². The van der Waals surface area contributed by atoms with E-state index in [-0.39, 0.29) is 24.3 Å². The first-order valence-corrected chi connectivity index (χ1v) is 9.32. The zero-order valence-corrected chi connectivity index (χ0v) is 14.9. The Morgan fingerprint density at radius 2 is 1.52 bits per heavy atom. The Balaban J connectivity index is 1.78. The van der Waals surface area contributed by atoms with Gasteiger partial charge in [-0.1, -0.05) is 48.5 Å². The molecule has 134 valence electrons. The van der Waals surface area contributed by atoms with Gasteiger partial charge >= 0.3 is 5.97 Å². The third kappa shape index (κ3) is 2.44. The summed E-state index contributed by atoms with van der Waals surface area (Å²) in [5.41, 5.74) is 5.20. The summed E-state index contributed by atoms with van der Waals surface area (Å²) in [6.45, 7) is 0.247. The Kier molecular flexibility index (Phi) is 3.71. The lowest BCUT2D eigenvalue weighted by atomic mass is 9.75. The number of ether oxygens (including phenoxy) is 1. The maximum atomic E-state index is 13.0. The number of ketones is 1. The molecule has 2 aliphatic heterocycles. The predicted molar refractivity (Wildman–Crippen MR) is 102 cm³/mol. The molecule has 0 spiro atoms. The number of cyclic esters (lactones) is 1. The number of Topliss-reactive ketones (excluding diaryl/α,β-unsaturated/α-hetero) is 1. The van der Waals surface area contributed by atoms with Crippen molar-refractivity contribution in [2.75, 3.05) is 11.5 Å². The normalized spacial score (nSPS) is 21.9. The molecule has 0 aromatic heterocycles. The van der Waals surface area contributed by atoms with Crippen molar-refractivity contribution in [3.8, 4) is 0 Å². The minimum atomic E-state index is -0.334. The van der Waals surface area contributed by atoms with Crippen LogP contribution in [0.3, 0.4) is 0 Å². The summed E-state index contributed by atoms with van der Waals surface area (Å²) in [7, 11) is 0. The molecule has 5 rings (SSSR count). The van der Waals surface area contributed by atoms with Crippen LogP contribution in [0.25, 0.3) is 0 Å². The molecule has 0 radical (unpaired) electrons. The second kappa shape index (κ2) is 6.23. The molecule has 0 fully saturated rings. The Morgan fingerprint density at radius 1 is 0.815 bits per heavy atom. The zero-order valence-electron chi connectivity index (χ0n) is 14.9. The number of anilines is 1. The van der Waals surface area contributed by atoms with E-state index < -0.39 is 0 Å². The summed E-state index contributed by atoms with van der Waals surface area (Å²) in [5.74, 6) is -0.513. The lowest BCUT2D eigenvalue weighted by Crippen LogP contribution is -2.36. The first-order valence-electron chi connectivity index (χ1n) is 9.32. The minimum Gasteiger partial charge on any atom is -0.456 e. The van der Waals surface area contributed by atoms with E-state index in [1.165, 1.54) is 0 Å². The van der Waals surface area contributed by atoms with Gasteiger partial charge in [-0.25, -0.2) is 4.79 Å². The van der Waals surface area contributed by atoms with Crippen LogP contribution < -0.4 is 4.90 Å². The summed E-state index contributed by atoms with van der Waals surface area (Å²) in [6.07, 6.45) is 2.19. The van der Waals surface area contributed by atoms with E-state index in [4.69, 9.17) is 4.74 Å². The number of hydrogen-bond acceptors (Lipinski definition) is 4. The molecule has 3 aliphatic rings. The van der Waals surface area contributed by atoms with E-state index in [1.807, 2.05) is 60.7 Å². The Labute approximate surface area is 157 Å². The van der Waals surface area contributed by atoms with E-state index in [1.54, 1.807) is 0 Å². The van der Waals surface area contributed by atoms with Crippen LogP contribution in [-0.4, -0.2) is 18.4 Å². The van der Waals surface area contributed by atoms with Crippen LogP contribution in [0.5, 0.6) is 0 Å². The van der Waals surface area contributed by atoms with Gasteiger partial charge < -0.3 is 9.64 Å². The van der Waals surface area contributed by atoms with Crippen LogP contribution in [0.15, 0.2) is 83.2 Å². The van der Waals surface area contributed by atoms with Crippen LogP contribution in [0.1, 0.15) is 30.7 Å². The van der Waals surface area contributed by atoms with Gasteiger partial charge in [-0.15, -0.1) is 0 Å². The maximum absolute atomic E-state index is 13.0. The van der Waals surface area contributed by atoms with Gasteiger partial charge in [0.15, 0.2) is 5.78 Å². The number of allylic oxidation sites excluding steroid dienone is 2. The molecule has 4 heteroatoms. The lowest BCUT2D eigenvalue weighted by molar-refractivity contribution is -0.136. The molecular formula is C23H19NO3. The fourth-order valence-corrected chi connectivity index (χ4v) is 4.46. The SMILES string of the molecule is O=C1CCCC2=C1C(c1ccccc1)C1=C(COC1=O)N2c1ccccc1. The average molecular weight is 357 g/mol. The molecule has 2 aromatic rings. The number of carbonyl (C=O) groups excluding carboxylic acids is 2. The Morgan fingerprint density at radius 3 is 2.26 bits per heavy atom. The quantitative estimate of drug-likeness (QED) is 0.759. The summed E-state index contributed by atoms with van der Waals surface area (Å²) in [4.78, 5) is 27.8. The van der Waals surface area contributed by atoms with Gasteiger partial charge in [-0.05, 0) is 30.5 Å². The maximum Gasteiger partial charge on any atom is 0.337 e. The molecule has 0 saturated heterocycles. The number of esters is 1. The highest BCUT2D eigenvalue weighted by molar-refractivity contribution is 6.06. The molecule has 0 bridgehead atoms. The number of carbonyl (C=O) groups is 2. The number of hydrogen-bond donors (Lipinski definition) is 0. The van der Waals surface area contributed by atoms with E-state index in [0.29, 0.717) is 12.0 Å². The van der Waals surface area contributed by atoms with Gasteiger partial charge in [-0.2, -0.15) is 0 Å². The Bertz CT molecular complexity index is 989. The van der Waals surface area contributed by atoms with Crippen molar-refractivity contribution in [3.63, 3.8) is 0 Å². The second-order valence-corrected chi connectivity index (χ2v) is 7.09. The molecule has 1 unspecified atom stereocenters. The molecule has 0 saturated carbocycles. The van der Waals surface area contributed by atoms with E-state index in [0.717, 1.165) is 41.1 Å². The van der Waals surface area contributed by atoms with Crippen LogP contribution >= 0.6 is 0 Å². The van der Waals surface area contributed by atoms with Crippen LogP contribution in [0.2, 0.25) is 0 Å². The number of nitrogens with zero attached hydrogens (tertiary/aromatic N) is 1. The minimum absolute atomic E-state index is 0.136. The highest BCUT2D eigenvalue weighted by Crippen LogP contribution is 2.49. The molecule has 2 heterocycles. The van der Waals surface area contributed by atoms with E-state index in [9.17, 15) is 9.59 Å². The van der Waals surface area contributed by atoms with Gasteiger partial charge in [0.1, 0.15) is 6.61 Å². The topological polar surface area (TPSA) is 46.6 Å². The molecule has 0 N–H and O–H groups in total. The van der Waals surface area contributed by atoms with Crippen LogP contribution in [0, 0.1) is 0 Å². The monoisotopic (exact) mass is 357 g/mol. The van der Waals surface area contributed by atoms with Gasteiger partial charge in [0.05, 0.1) is 11.3 Å². The molecule has 27 heavy (non-hydrogen) atoms. The first kappa shape index (κ1) is 16.1. The third-order valence-corrected chi connectivity index (χ3v) is 5.56. The van der Waals surface area contributed by atoms with Crippen molar-refractivity contribution in [3.05, 3.63) is 88.8 Å². The first-order chi connectivity index (χ1) is 13.3. The number of benzene rings is 2. The predicted octanol–water partition coefficient (Wildman–Crippen LogP) is 4.11. The number of para-hydroxylation sites is 1. The van der Waals surface area contributed by atoms with Crippen LogP contribution in [0.4, 0.5) is 5.69 Å². The van der Waals surface area contributed by atoms with Crippen LogP contribution in [-0.2, 0) is 14.3 Å². The summed E-state index contributed by atoms with van der Waals surface area (Å²) in [6, 6.07) is 19.8. The molecule has 0 amide bonds. The van der Waals surface area contributed by atoms with E-state index >= 15 is 0 Å². The largest absolute Gasteiger partial charge is 0.456 e. The average Bonchev–Trinajstić information content (AvgIpc) is 3.09. The van der Waals surface area contributed by atoms with Crippen molar-refractivity contribution in [1.29, 1.82) is 0 Å². The lowest BCUT2D eigenvalue weighted by Gasteiger charge is -2.39. The molecule has 2 aromatic carbocycles. The fraction of sp³-hybridized carbons (Fsp3) is 0.217. The molecular weight excluding hydrogens is 338 g/mol. The van der Waals surface area contributed by atoms with Crippen molar-refractivity contribution in [2.45, 2.75) is 25.2 Å². The summed E-state index contributed by atoms with van der Waals surface area (Å²) < 4.78 is 5.45. The van der Waals surface area contributed by atoms with Crippen molar-refractivity contribution < 1.29 is 14.3 Å². The molecule has 1 atom stereocenters. The van der Waals surface area contributed by atoms with Gasteiger partial charge in [0.25, 0.3) is 0 Å². The zero-order chi connectivity index (χ0) is 18.4. The third-order valence-electron chi connectivity index (χ3n) is 5.56. The van der Waals surface area contributed by atoms with Gasteiger partial charge in [0.2, 0.25) is 0 Å². The molecule has 1 aliphatic carbocycles. The number of rotatable bonds is 2. The van der Waals surface area contributed by atoms with Crippen molar-refractivity contribution in [1.82, 2.24) is 0 Å².